The Kier molecular flexibility index (Phi) is 31.7. The van der Waals surface area contributed by atoms with Gasteiger partial charge in [0.2, 0.25) is 0 Å². The highest BCUT2D eigenvalue weighted by Crippen LogP contribution is 2.41. The molecule has 33 nitrogen and oxygen atoms in total. The second-order valence-corrected chi connectivity index (χ2v) is 36.5. The minimum atomic E-state index is -0.838. The molecule has 5 N–H and O–H groups in total. The maximum Gasteiger partial charge on any atom is 0.417 e. The molecule has 4 amide bonds. The quantitative estimate of drug-likeness (QED) is 0.0650. The number of ether oxygens (including phenoxy) is 7. The van der Waals surface area contributed by atoms with Gasteiger partial charge in [-0.05, 0) is 152 Å². The fraction of sp³-hybridized carbons (Fsp3) is 0.452. The third-order valence-corrected chi connectivity index (χ3v) is 24.8. The number of hydrogen-bond acceptors (Lipinski definition) is 29. The first kappa shape index (κ1) is 98.5. The maximum absolute atomic E-state index is 14.7. The summed E-state index contributed by atoms with van der Waals surface area (Å²) in [4.78, 5) is 110. The van der Waals surface area contributed by atoms with Gasteiger partial charge in [-0.25, -0.2) is 61.3 Å². The lowest BCUT2D eigenvalue weighted by atomic mass is 9.98. The molecule has 12 aliphatic rings. The molecule has 0 bridgehead atoms. The highest BCUT2D eigenvalue weighted by atomic mass is 35.5. The molecule has 19 heterocycles. The second kappa shape index (κ2) is 42.9. The number of anilines is 6. The summed E-state index contributed by atoms with van der Waals surface area (Å²) in [5.74, 6) is 2.59. The smallest absolute Gasteiger partial charge is 0.417 e. The number of imide groups is 2. The molecule has 0 spiro atoms. The van der Waals surface area contributed by atoms with Crippen LogP contribution >= 0.6 is 24.0 Å². The Morgan fingerprint density at radius 1 is 0.459 bits per heavy atom. The zero-order chi connectivity index (χ0) is 92.7. The maximum atomic E-state index is 14.7. The minimum Gasteiger partial charge on any atom is -0.443 e. The number of carbonyl (C=O) groups is 4. The standard InChI is InChI=1S/C30H30F2N4O4.C18H15ClF2N2O3.C11H13N3O3.2C11H15N3O.C6H11NO.C5H3FN2O2.CH4.ClH/c1-30(2,3)40-29(38)36-14-25-26(28(36)37)17(10-24(34-25)27-22(31)5-4-6-23(27)32)9-20-7-8-21(11-33-20)35-12-18-15-39-16-19(18)13-35;1-18(2,3)26-17(25)23-8-13-14(16(23)24)9(19)7-12(22-13)15-10(20)5-4-6-11(15)21;15-14(16)11-2-1-10(3-12-11)13-4-8-6-17-7-9(8)5-13;2*12-11-2-1-10(3-13-11)14-4-8-6-15-7-9(8)5-14;1-5-3-8-4-6(5)2-7-1;6-4-1-2-5(7-3-4)8(9)10;;/h4-8,10-11,18-19H,9,12-16H2,1-3H3;4-7H,8H2,1-3H3;1-3,8-9H,4-7H2;2*1-3,8-9H,4-7H2,(H2,12,13);5-7H,1-4H2;1-3H;1H4;1H/t18-,19+;;3*8-,9+;5-,6+;;;. The highest BCUT2D eigenvalue weighted by molar-refractivity contribution is 6.35. The molecule has 133 heavy (non-hydrogen) atoms. The highest BCUT2D eigenvalue weighted by Gasteiger charge is 2.45. The number of nitrogens with two attached hydrogens (primary N) is 2. The molecule has 7 aromatic heterocycles. The average Bonchev–Trinajstić information content (AvgIpc) is 1.62. The number of aromatic nitrogens is 7. The molecule has 9 aromatic rings. The lowest BCUT2D eigenvalue weighted by Crippen LogP contribution is -2.37. The molecule has 0 aliphatic carbocycles. The summed E-state index contributed by atoms with van der Waals surface area (Å²) in [5.41, 5.74) is 15.0. The third kappa shape index (κ3) is 24.0. The molecular formula is C93H107Cl2F5N18O15. The van der Waals surface area contributed by atoms with Gasteiger partial charge < -0.3 is 89.8 Å². The number of benzene rings is 2. The van der Waals surface area contributed by atoms with E-state index in [0.717, 1.165) is 194 Å². The van der Waals surface area contributed by atoms with Crippen LogP contribution in [0.2, 0.25) is 5.02 Å². The van der Waals surface area contributed by atoms with Crippen LogP contribution in [0.3, 0.4) is 0 Å². The topological polar surface area (TPSA) is 393 Å². The summed E-state index contributed by atoms with van der Waals surface area (Å²) >= 11 is 6.14. The van der Waals surface area contributed by atoms with Crippen LogP contribution in [0.5, 0.6) is 0 Å². The fourth-order valence-corrected chi connectivity index (χ4v) is 18.1. The lowest BCUT2D eigenvalue weighted by Gasteiger charge is -2.23. The van der Waals surface area contributed by atoms with Crippen LogP contribution < -0.4 is 36.4 Å². The van der Waals surface area contributed by atoms with Crippen molar-refractivity contribution in [3.63, 3.8) is 0 Å². The van der Waals surface area contributed by atoms with E-state index in [1.54, 1.807) is 53.8 Å². The molecule has 12 aliphatic heterocycles. The van der Waals surface area contributed by atoms with Crippen LogP contribution in [0.1, 0.15) is 92.3 Å². The normalized spacial score (nSPS) is 22.3. The average molecular weight is 1880 g/mol. The van der Waals surface area contributed by atoms with Gasteiger partial charge in [-0.1, -0.05) is 31.2 Å². The van der Waals surface area contributed by atoms with Gasteiger partial charge >= 0.3 is 23.8 Å². The zero-order valence-corrected chi connectivity index (χ0v) is 75.1. The summed E-state index contributed by atoms with van der Waals surface area (Å²) < 4.78 is 107. The Balaban J connectivity index is 0.000000140. The van der Waals surface area contributed by atoms with E-state index in [2.05, 4.69) is 59.8 Å². The third-order valence-electron chi connectivity index (χ3n) is 24.5. The van der Waals surface area contributed by atoms with Crippen LogP contribution in [0.4, 0.5) is 77.6 Å². The summed E-state index contributed by atoms with van der Waals surface area (Å²) in [6, 6.07) is 26.7. The van der Waals surface area contributed by atoms with Crippen molar-refractivity contribution in [2.45, 2.75) is 79.7 Å². The number of carbonyl (C=O) groups excluding carboxylic acids is 4. The number of amides is 4. The Hall–Kier alpha value is -12.0. The predicted octanol–water partition coefficient (Wildman–Crippen LogP) is 14.2. The number of nitrogens with one attached hydrogen (secondary N) is 1. The van der Waals surface area contributed by atoms with E-state index < -0.39 is 74.1 Å². The van der Waals surface area contributed by atoms with Crippen molar-refractivity contribution in [2.75, 3.05) is 163 Å². The zero-order valence-electron chi connectivity index (χ0n) is 73.5. The number of pyridine rings is 7. The second-order valence-electron chi connectivity index (χ2n) is 36.1. The molecule has 10 atom stereocenters. The summed E-state index contributed by atoms with van der Waals surface area (Å²) in [6.45, 7) is 29.2. The van der Waals surface area contributed by atoms with Gasteiger partial charge in [-0.15, -0.1) is 12.4 Å². The minimum absolute atomic E-state index is 0. The first-order chi connectivity index (χ1) is 62.7. The number of nitrogen functional groups attached to an aromatic ring is 2. The molecular weight excluding hydrogens is 1780 g/mol. The monoisotopic (exact) mass is 1880 g/mol. The van der Waals surface area contributed by atoms with E-state index in [4.69, 9.17) is 56.2 Å². The lowest BCUT2D eigenvalue weighted by molar-refractivity contribution is -0.389. The van der Waals surface area contributed by atoms with Crippen molar-refractivity contribution in [1.29, 1.82) is 0 Å². The van der Waals surface area contributed by atoms with Crippen molar-refractivity contribution in [3.05, 3.63) is 228 Å². The Morgan fingerprint density at radius 3 is 1.12 bits per heavy atom. The molecule has 0 radical (unpaired) electrons. The van der Waals surface area contributed by atoms with Crippen LogP contribution in [-0.4, -0.2) is 221 Å². The molecule has 10 saturated heterocycles. The molecule has 708 valence electrons. The van der Waals surface area contributed by atoms with E-state index in [0.29, 0.717) is 70.2 Å². The fourth-order valence-electron chi connectivity index (χ4n) is 17.8. The van der Waals surface area contributed by atoms with Gasteiger partial charge in [0.25, 0.3) is 11.8 Å². The van der Waals surface area contributed by atoms with Gasteiger partial charge in [0.1, 0.15) is 46.1 Å². The number of halogens is 7. The molecule has 21 rings (SSSR count). The van der Waals surface area contributed by atoms with Gasteiger partial charge in [-0.2, -0.15) is 0 Å². The molecule has 40 heteroatoms. The number of rotatable bonds is 10. The van der Waals surface area contributed by atoms with Gasteiger partial charge in [-0.3, -0.25) is 14.6 Å². The van der Waals surface area contributed by atoms with Crippen LogP contribution in [-0.2, 0) is 52.7 Å². The van der Waals surface area contributed by atoms with E-state index in [1.807, 2.05) is 55.0 Å². The van der Waals surface area contributed by atoms with Crippen LogP contribution in [0.25, 0.3) is 22.5 Å². The number of fused-ring (bicyclic) bond motifs is 7. The van der Waals surface area contributed by atoms with Crippen molar-refractivity contribution < 1.29 is 84.1 Å². The van der Waals surface area contributed by atoms with Gasteiger partial charge in [0, 0.05) is 149 Å². The van der Waals surface area contributed by atoms with Crippen molar-refractivity contribution in [3.8, 4) is 22.5 Å². The SMILES string of the molecule is C.C1NC[C@H]2COC[C@@H]12.CC(C)(C)OC(=O)N1Cc2nc(-c3c(F)cccc3F)cc(Cc3ccc(N4C[C@H]5COC[C@H]5C4)cn3)c2C1=O.CC(C)(C)OC(=O)N1Cc2nc(-c3c(F)cccc3F)cc(Cl)c2C1=O.Cl.Nc1ccc(N2C[C@H]3COC[C@H]3C2)cn1.Nc1ccc(N2C[C@H]3COC[C@H]3C2)cn1.O=[N+]([O-])c1ccc(F)cn1.O=[N+]([O-])c1ccc(N2C[C@H]3COC[C@H]3C2)cn1. The van der Waals surface area contributed by atoms with Crippen LogP contribution in [0, 0.1) is 108 Å². The van der Waals surface area contributed by atoms with Crippen molar-refractivity contribution >= 4 is 94.0 Å². The summed E-state index contributed by atoms with van der Waals surface area (Å²) in [6.07, 6.45) is 6.48. The first-order valence-corrected chi connectivity index (χ1v) is 43.6. The van der Waals surface area contributed by atoms with E-state index >= 15 is 0 Å². The van der Waals surface area contributed by atoms with Gasteiger partial charge in [0.05, 0.1) is 171 Å². The van der Waals surface area contributed by atoms with E-state index in [-0.39, 0.29) is 101 Å². The Labute approximate surface area is 776 Å². The molecule has 2 aromatic carbocycles. The van der Waals surface area contributed by atoms with E-state index in [1.165, 1.54) is 54.8 Å². The number of hydrogen-bond donors (Lipinski definition) is 3. The Bertz CT molecular complexity index is 5450. The first-order valence-electron chi connectivity index (χ1n) is 43.3. The number of nitrogens with zero attached hydrogens (tertiary/aromatic N) is 15. The predicted molar refractivity (Wildman–Crippen MR) is 487 cm³/mol. The summed E-state index contributed by atoms with van der Waals surface area (Å²) in [7, 11) is 0. The molecule has 10 fully saturated rings. The largest absolute Gasteiger partial charge is 0.443 e. The van der Waals surface area contributed by atoms with Gasteiger partial charge in [0.15, 0.2) is 18.2 Å². The summed E-state index contributed by atoms with van der Waals surface area (Å²) in [5, 5.41) is 23.7. The molecule has 0 saturated carbocycles. The Morgan fingerprint density at radius 2 is 0.789 bits per heavy atom. The van der Waals surface area contributed by atoms with E-state index in [9.17, 15) is 61.4 Å². The molecule has 0 unspecified atom stereocenters. The van der Waals surface area contributed by atoms with Crippen LogP contribution in [0.15, 0.2) is 140 Å². The van der Waals surface area contributed by atoms with Crippen molar-refractivity contribution in [2.24, 2.45) is 59.2 Å². The van der Waals surface area contributed by atoms with Crippen molar-refractivity contribution in [1.82, 2.24) is 50.0 Å². The number of nitro groups is 2.